The summed E-state index contributed by atoms with van der Waals surface area (Å²) in [6, 6.07) is 55.0. The van der Waals surface area contributed by atoms with Gasteiger partial charge in [0.1, 0.15) is 0 Å². The Morgan fingerprint density at radius 2 is 0.953 bits per heavy atom. The zero-order chi connectivity index (χ0) is 29.0. The van der Waals surface area contributed by atoms with E-state index in [9.17, 15) is 0 Å². The molecule has 7 aromatic rings. The Labute approximate surface area is 252 Å². The summed E-state index contributed by atoms with van der Waals surface area (Å²) < 4.78 is 0. The van der Waals surface area contributed by atoms with Gasteiger partial charge in [-0.1, -0.05) is 103 Å². The van der Waals surface area contributed by atoms with Crippen molar-refractivity contribution in [2.24, 2.45) is 0 Å². The summed E-state index contributed by atoms with van der Waals surface area (Å²) >= 11 is 0. The predicted octanol–water partition coefficient (Wildman–Crippen LogP) is 10.2. The second-order valence-electron chi connectivity index (χ2n) is 10.5. The number of benzene rings is 6. The molecule has 0 amide bonds. The van der Waals surface area contributed by atoms with Crippen LogP contribution in [0.2, 0.25) is 0 Å². The molecule has 206 valence electrons. The molecule has 1 aromatic heterocycles. The number of fused-ring (bicyclic) bond motifs is 1. The quantitative estimate of drug-likeness (QED) is 0.196. The molecule has 4 heteroatoms. The minimum Gasteiger partial charge on any atom is -0.314 e. The van der Waals surface area contributed by atoms with Gasteiger partial charge >= 0.3 is 0 Å². The molecule has 0 saturated heterocycles. The molecule has 0 aliphatic heterocycles. The van der Waals surface area contributed by atoms with Crippen LogP contribution in [0.1, 0.15) is 0 Å². The molecule has 4 nitrogen and oxygen atoms in total. The largest absolute Gasteiger partial charge is 0.314 e. The molecule has 7 rings (SSSR count). The second kappa shape index (κ2) is 11.6. The standard InChI is InChI=1S/C39H30N4/c1-42(37-25-22-29-10-8-9-11-33(29)28-37)39-40-27-26-38(41-39)32-18-16-30(17-19-32)31-20-23-36(24-21-31)43(34-12-4-2-5-13-34)35-14-6-3-7-15-35/h2-28H,1H3. The molecule has 0 spiro atoms. The zero-order valence-electron chi connectivity index (χ0n) is 23.9. The van der Waals surface area contributed by atoms with Gasteiger partial charge in [-0.2, -0.15) is 0 Å². The van der Waals surface area contributed by atoms with Crippen molar-refractivity contribution in [2.45, 2.75) is 0 Å². The van der Waals surface area contributed by atoms with Crippen molar-refractivity contribution in [3.8, 4) is 22.4 Å². The Balaban J connectivity index is 1.12. The van der Waals surface area contributed by atoms with Crippen LogP contribution in [0.25, 0.3) is 33.2 Å². The minimum atomic E-state index is 0.661. The third-order valence-corrected chi connectivity index (χ3v) is 7.73. The number of nitrogens with zero attached hydrogens (tertiary/aromatic N) is 4. The first-order valence-corrected chi connectivity index (χ1v) is 14.4. The predicted molar refractivity (Wildman–Crippen MR) is 180 cm³/mol. The van der Waals surface area contributed by atoms with Crippen molar-refractivity contribution < 1.29 is 0 Å². The summed E-state index contributed by atoms with van der Waals surface area (Å²) in [4.78, 5) is 13.8. The van der Waals surface area contributed by atoms with Gasteiger partial charge in [0.2, 0.25) is 5.95 Å². The van der Waals surface area contributed by atoms with Crippen molar-refractivity contribution >= 4 is 39.5 Å². The Morgan fingerprint density at radius 1 is 0.442 bits per heavy atom. The third-order valence-electron chi connectivity index (χ3n) is 7.73. The van der Waals surface area contributed by atoms with Gasteiger partial charge < -0.3 is 9.80 Å². The minimum absolute atomic E-state index is 0.661. The van der Waals surface area contributed by atoms with E-state index in [1.54, 1.807) is 0 Å². The summed E-state index contributed by atoms with van der Waals surface area (Å²) in [5.41, 5.74) is 8.67. The number of hydrogen-bond donors (Lipinski definition) is 0. The average Bonchev–Trinajstić information content (AvgIpc) is 3.09. The van der Waals surface area contributed by atoms with Gasteiger partial charge in [-0.05, 0) is 76.5 Å². The monoisotopic (exact) mass is 554 g/mol. The summed E-state index contributed by atoms with van der Waals surface area (Å²) in [6.45, 7) is 0. The summed E-state index contributed by atoms with van der Waals surface area (Å²) in [5, 5.41) is 2.41. The van der Waals surface area contributed by atoms with E-state index < -0.39 is 0 Å². The number of anilines is 5. The van der Waals surface area contributed by atoms with Crippen LogP contribution in [0.15, 0.2) is 164 Å². The van der Waals surface area contributed by atoms with Crippen LogP contribution in [0.3, 0.4) is 0 Å². The number of aromatic nitrogens is 2. The maximum Gasteiger partial charge on any atom is 0.230 e. The lowest BCUT2D eigenvalue weighted by Gasteiger charge is -2.25. The van der Waals surface area contributed by atoms with Gasteiger partial charge in [-0.25, -0.2) is 9.97 Å². The van der Waals surface area contributed by atoms with Gasteiger partial charge in [0, 0.05) is 41.6 Å². The van der Waals surface area contributed by atoms with Crippen molar-refractivity contribution in [3.05, 3.63) is 164 Å². The molecule has 0 aliphatic rings. The normalized spacial score (nSPS) is 10.9. The van der Waals surface area contributed by atoms with Crippen LogP contribution in [0.5, 0.6) is 0 Å². The molecular formula is C39H30N4. The smallest absolute Gasteiger partial charge is 0.230 e. The zero-order valence-corrected chi connectivity index (χ0v) is 23.9. The molecular weight excluding hydrogens is 524 g/mol. The van der Waals surface area contributed by atoms with Crippen LogP contribution < -0.4 is 9.80 Å². The van der Waals surface area contributed by atoms with Gasteiger partial charge in [0.05, 0.1) is 5.69 Å². The summed E-state index contributed by atoms with van der Waals surface area (Å²) in [6.07, 6.45) is 1.83. The highest BCUT2D eigenvalue weighted by Gasteiger charge is 2.13. The molecule has 0 radical (unpaired) electrons. The van der Waals surface area contributed by atoms with E-state index in [0.717, 1.165) is 45.1 Å². The lowest BCUT2D eigenvalue weighted by Crippen LogP contribution is -2.13. The van der Waals surface area contributed by atoms with Crippen LogP contribution in [-0.2, 0) is 0 Å². The fraction of sp³-hybridized carbons (Fsp3) is 0.0256. The third kappa shape index (κ3) is 5.46. The van der Waals surface area contributed by atoms with Crippen LogP contribution in [0, 0.1) is 0 Å². The molecule has 0 atom stereocenters. The fourth-order valence-electron chi connectivity index (χ4n) is 5.41. The molecule has 0 N–H and O–H groups in total. The molecule has 0 unspecified atom stereocenters. The van der Waals surface area contributed by atoms with Gasteiger partial charge in [0.25, 0.3) is 0 Å². The van der Waals surface area contributed by atoms with Crippen LogP contribution in [-0.4, -0.2) is 17.0 Å². The first-order chi connectivity index (χ1) is 21.2. The molecule has 0 fully saturated rings. The first-order valence-electron chi connectivity index (χ1n) is 14.4. The number of hydrogen-bond acceptors (Lipinski definition) is 4. The molecule has 0 aliphatic carbocycles. The van der Waals surface area contributed by atoms with E-state index in [4.69, 9.17) is 4.98 Å². The van der Waals surface area contributed by atoms with E-state index in [-0.39, 0.29) is 0 Å². The van der Waals surface area contributed by atoms with Crippen molar-refractivity contribution in [1.29, 1.82) is 0 Å². The Morgan fingerprint density at radius 3 is 1.60 bits per heavy atom. The van der Waals surface area contributed by atoms with E-state index in [0.29, 0.717) is 5.95 Å². The van der Waals surface area contributed by atoms with E-state index in [1.807, 2.05) is 36.3 Å². The fourth-order valence-corrected chi connectivity index (χ4v) is 5.41. The maximum absolute atomic E-state index is 4.90. The first kappa shape index (κ1) is 26.2. The summed E-state index contributed by atoms with van der Waals surface area (Å²) in [7, 11) is 2.01. The van der Waals surface area contributed by atoms with Crippen molar-refractivity contribution in [3.63, 3.8) is 0 Å². The Bertz CT molecular complexity index is 1930. The van der Waals surface area contributed by atoms with Gasteiger partial charge in [0.15, 0.2) is 0 Å². The highest BCUT2D eigenvalue weighted by Crippen LogP contribution is 2.35. The molecule has 1 heterocycles. The van der Waals surface area contributed by atoms with E-state index >= 15 is 0 Å². The van der Waals surface area contributed by atoms with Gasteiger partial charge in [-0.3, -0.25) is 0 Å². The Hall–Kier alpha value is -5.74. The lowest BCUT2D eigenvalue weighted by atomic mass is 10.0. The van der Waals surface area contributed by atoms with Crippen LogP contribution >= 0.6 is 0 Å². The van der Waals surface area contributed by atoms with Crippen molar-refractivity contribution in [1.82, 2.24) is 9.97 Å². The topological polar surface area (TPSA) is 32.3 Å². The maximum atomic E-state index is 4.90. The molecule has 43 heavy (non-hydrogen) atoms. The molecule has 0 saturated carbocycles. The molecule has 0 bridgehead atoms. The van der Waals surface area contributed by atoms with Gasteiger partial charge in [-0.15, -0.1) is 0 Å². The van der Waals surface area contributed by atoms with Crippen LogP contribution in [0.4, 0.5) is 28.7 Å². The highest BCUT2D eigenvalue weighted by atomic mass is 15.2. The van der Waals surface area contributed by atoms with E-state index in [1.165, 1.54) is 10.8 Å². The number of rotatable bonds is 7. The Kier molecular flexibility index (Phi) is 7.08. The lowest BCUT2D eigenvalue weighted by molar-refractivity contribution is 1.05. The number of para-hydroxylation sites is 2. The highest BCUT2D eigenvalue weighted by molar-refractivity contribution is 5.86. The van der Waals surface area contributed by atoms with Crippen molar-refractivity contribution in [2.75, 3.05) is 16.8 Å². The van der Waals surface area contributed by atoms with E-state index in [2.05, 4.69) is 149 Å². The second-order valence-corrected chi connectivity index (χ2v) is 10.5. The summed E-state index contributed by atoms with van der Waals surface area (Å²) in [5.74, 6) is 0.661. The average molecular weight is 555 g/mol. The SMILES string of the molecule is CN(c1ccc2ccccc2c1)c1nccc(-c2ccc(-c3ccc(N(c4ccccc4)c4ccccc4)cc3)cc2)n1. The molecule has 6 aromatic carbocycles.